The summed E-state index contributed by atoms with van der Waals surface area (Å²) in [5, 5.41) is 13.9. The summed E-state index contributed by atoms with van der Waals surface area (Å²) in [5.41, 5.74) is 2.10. The Morgan fingerprint density at radius 3 is 2.71 bits per heavy atom. The van der Waals surface area contributed by atoms with Crippen molar-refractivity contribution in [1.82, 2.24) is 4.98 Å². The van der Waals surface area contributed by atoms with Gasteiger partial charge in [0.25, 0.3) is 11.6 Å². The van der Waals surface area contributed by atoms with Gasteiger partial charge in [0.05, 0.1) is 15.1 Å². The van der Waals surface area contributed by atoms with Crippen molar-refractivity contribution in [3.8, 4) is 0 Å². The monoisotopic (exact) mass is 339 g/mol. The van der Waals surface area contributed by atoms with Gasteiger partial charge in [0.15, 0.2) is 5.13 Å². The number of hydrogen-bond acceptors (Lipinski definition) is 5. The van der Waals surface area contributed by atoms with Crippen molar-refractivity contribution in [2.45, 2.75) is 6.92 Å². The number of carbonyl (C=O) groups is 1. The van der Waals surface area contributed by atoms with Crippen molar-refractivity contribution in [2.24, 2.45) is 0 Å². The van der Waals surface area contributed by atoms with Gasteiger partial charge in [0, 0.05) is 17.7 Å². The lowest BCUT2D eigenvalue weighted by atomic mass is 10.1. The van der Waals surface area contributed by atoms with Crippen LogP contribution in [0.4, 0.5) is 10.8 Å². The second-order valence-electron chi connectivity index (χ2n) is 5.12. The molecule has 0 spiro atoms. The van der Waals surface area contributed by atoms with Crippen LogP contribution in [-0.2, 0) is 4.79 Å². The molecule has 3 rings (SSSR count). The smallest absolute Gasteiger partial charge is 0.270 e. The maximum absolute atomic E-state index is 12.2. The number of non-ortho nitro benzene ring substituents is 1. The van der Waals surface area contributed by atoms with E-state index in [1.54, 1.807) is 19.1 Å². The normalized spacial score (nSPS) is 11.5. The predicted molar refractivity (Wildman–Crippen MR) is 95.0 cm³/mol. The molecular weight excluding hydrogens is 326 g/mol. The number of nitro groups is 1. The molecule has 0 saturated carbocycles. The molecule has 3 aromatic rings. The number of nitrogens with zero attached hydrogens (tertiary/aromatic N) is 2. The molecule has 6 nitrogen and oxygen atoms in total. The number of anilines is 1. The highest BCUT2D eigenvalue weighted by atomic mass is 32.1. The maximum Gasteiger partial charge on any atom is 0.270 e. The van der Waals surface area contributed by atoms with E-state index in [2.05, 4.69) is 10.3 Å². The fourth-order valence-electron chi connectivity index (χ4n) is 2.14. The van der Waals surface area contributed by atoms with E-state index in [-0.39, 0.29) is 11.6 Å². The number of nitrogens with one attached hydrogen (secondary N) is 1. The minimum Gasteiger partial charge on any atom is -0.298 e. The summed E-state index contributed by atoms with van der Waals surface area (Å²) < 4.78 is 0.657. The lowest BCUT2D eigenvalue weighted by Gasteiger charge is -2.01. The Hall–Kier alpha value is -3.06. The standard InChI is InChI=1S/C17H13N3O3S/c1-11(9-12-5-3-2-4-6-12)16(21)19-17-18-14-8-7-13(20(22)23)10-15(14)24-17/h2-10H,1H3,(H,18,19,21). The van der Waals surface area contributed by atoms with E-state index >= 15 is 0 Å². The lowest BCUT2D eigenvalue weighted by Crippen LogP contribution is -2.12. The molecule has 0 unspecified atom stereocenters. The number of thiazole rings is 1. The molecule has 0 aliphatic rings. The number of fused-ring (bicyclic) bond motifs is 1. The fraction of sp³-hybridized carbons (Fsp3) is 0.0588. The average Bonchev–Trinajstić information content (AvgIpc) is 2.96. The van der Waals surface area contributed by atoms with Crippen LogP contribution in [-0.4, -0.2) is 15.8 Å². The van der Waals surface area contributed by atoms with Crippen LogP contribution in [0, 0.1) is 10.1 Å². The van der Waals surface area contributed by atoms with Crippen molar-refractivity contribution in [3.05, 3.63) is 69.8 Å². The first-order valence-electron chi connectivity index (χ1n) is 7.12. The number of nitro benzene ring substituents is 1. The molecule has 0 radical (unpaired) electrons. The molecular formula is C17H13N3O3S. The third kappa shape index (κ3) is 3.47. The number of aromatic nitrogens is 1. The molecule has 0 aliphatic carbocycles. The number of rotatable bonds is 4. The summed E-state index contributed by atoms with van der Waals surface area (Å²) in [4.78, 5) is 26.9. The van der Waals surface area contributed by atoms with Crippen molar-refractivity contribution in [1.29, 1.82) is 0 Å². The van der Waals surface area contributed by atoms with Gasteiger partial charge in [0.2, 0.25) is 0 Å². The van der Waals surface area contributed by atoms with Crippen molar-refractivity contribution in [2.75, 3.05) is 5.32 Å². The highest BCUT2D eigenvalue weighted by molar-refractivity contribution is 7.22. The van der Waals surface area contributed by atoms with E-state index in [1.807, 2.05) is 30.3 Å². The van der Waals surface area contributed by atoms with Crippen LogP contribution in [0.15, 0.2) is 54.1 Å². The second-order valence-corrected chi connectivity index (χ2v) is 6.15. The first kappa shape index (κ1) is 15.8. The van der Waals surface area contributed by atoms with Gasteiger partial charge in [-0.1, -0.05) is 41.7 Å². The van der Waals surface area contributed by atoms with Gasteiger partial charge in [-0.05, 0) is 24.6 Å². The molecule has 0 fully saturated rings. The zero-order valence-electron chi connectivity index (χ0n) is 12.7. The van der Waals surface area contributed by atoms with Gasteiger partial charge in [-0.15, -0.1) is 0 Å². The third-order valence-corrected chi connectivity index (χ3v) is 4.28. The highest BCUT2D eigenvalue weighted by Gasteiger charge is 2.12. The molecule has 1 amide bonds. The minimum atomic E-state index is -0.454. The van der Waals surface area contributed by atoms with Crippen molar-refractivity contribution < 1.29 is 9.72 Å². The molecule has 2 aromatic carbocycles. The number of hydrogen-bond donors (Lipinski definition) is 1. The Morgan fingerprint density at radius 1 is 1.25 bits per heavy atom. The zero-order chi connectivity index (χ0) is 17.1. The summed E-state index contributed by atoms with van der Waals surface area (Å²) in [6.45, 7) is 1.72. The van der Waals surface area contributed by atoms with E-state index in [0.29, 0.717) is 20.9 Å². The van der Waals surface area contributed by atoms with E-state index in [4.69, 9.17) is 0 Å². The third-order valence-electron chi connectivity index (χ3n) is 3.34. The SMILES string of the molecule is CC(=Cc1ccccc1)C(=O)Nc1nc2ccc([N+](=O)[O-])cc2s1. The largest absolute Gasteiger partial charge is 0.298 e. The van der Waals surface area contributed by atoms with Crippen LogP contribution < -0.4 is 5.32 Å². The molecule has 0 bridgehead atoms. The fourth-order valence-corrected chi connectivity index (χ4v) is 3.03. The van der Waals surface area contributed by atoms with Crippen LogP contribution in [0.3, 0.4) is 0 Å². The molecule has 0 atom stereocenters. The predicted octanol–water partition coefficient (Wildman–Crippen LogP) is 4.25. The Kier molecular flexibility index (Phi) is 4.35. The Bertz CT molecular complexity index is 948. The summed E-state index contributed by atoms with van der Waals surface area (Å²) in [5.74, 6) is -0.257. The molecule has 120 valence electrons. The summed E-state index contributed by atoms with van der Waals surface area (Å²) in [6.07, 6.45) is 1.79. The molecule has 1 N–H and O–H groups in total. The highest BCUT2D eigenvalue weighted by Crippen LogP contribution is 2.29. The average molecular weight is 339 g/mol. The van der Waals surface area contributed by atoms with E-state index in [1.165, 1.54) is 23.5 Å². The quantitative estimate of drug-likeness (QED) is 0.437. The molecule has 0 aliphatic heterocycles. The van der Waals surface area contributed by atoms with Crippen molar-refractivity contribution in [3.63, 3.8) is 0 Å². The molecule has 0 saturated heterocycles. The van der Waals surface area contributed by atoms with E-state index < -0.39 is 4.92 Å². The van der Waals surface area contributed by atoms with Crippen LogP contribution in [0.2, 0.25) is 0 Å². The Morgan fingerprint density at radius 2 is 2.00 bits per heavy atom. The summed E-state index contributed by atoms with van der Waals surface area (Å²) >= 11 is 1.21. The van der Waals surface area contributed by atoms with Gasteiger partial charge in [-0.3, -0.25) is 20.2 Å². The van der Waals surface area contributed by atoms with Crippen LogP contribution >= 0.6 is 11.3 Å². The van der Waals surface area contributed by atoms with Gasteiger partial charge in [-0.2, -0.15) is 0 Å². The summed E-state index contributed by atoms with van der Waals surface area (Å²) in [6, 6.07) is 14.0. The Balaban J connectivity index is 1.80. The molecule has 24 heavy (non-hydrogen) atoms. The first-order chi connectivity index (χ1) is 11.5. The lowest BCUT2D eigenvalue weighted by molar-refractivity contribution is -0.384. The molecule has 7 heteroatoms. The van der Waals surface area contributed by atoms with Crippen LogP contribution in [0.1, 0.15) is 12.5 Å². The zero-order valence-corrected chi connectivity index (χ0v) is 13.5. The maximum atomic E-state index is 12.2. The second kappa shape index (κ2) is 6.59. The van der Waals surface area contributed by atoms with Crippen molar-refractivity contribution >= 4 is 44.4 Å². The van der Waals surface area contributed by atoms with Crippen LogP contribution in [0.25, 0.3) is 16.3 Å². The number of amides is 1. The molecule has 1 heterocycles. The Labute approximate surface area is 141 Å². The summed E-state index contributed by atoms with van der Waals surface area (Å²) in [7, 11) is 0. The number of benzene rings is 2. The van der Waals surface area contributed by atoms with Gasteiger partial charge in [0.1, 0.15) is 0 Å². The van der Waals surface area contributed by atoms with E-state index in [0.717, 1.165) is 5.56 Å². The topological polar surface area (TPSA) is 85.1 Å². The van der Waals surface area contributed by atoms with E-state index in [9.17, 15) is 14.9 Å². The van der Waals surface area contributed by atoms with Gasteiger partial charge >= 0.3 is 0 Å². The minimum absolute atomic E-state index is 0.00387. The van der Waals surface area contributed by atoms with Gasteiger partial charge in [-0.25, -0.2) is 4.98 Å². The number of carbonyl (C=O) groups excluding carboxylic acids is 1. The van der Waals surface area contributed by atoms with Gasteiger partial charge < -0.3 is 0 Å². The van der Waals surface area contributed by atoms with Crippen LogP contribution in [0.5, 0.6) is 0 Å². The molecule has 1 aromatic heterocycles. The first-order valence-corrected chi connectivity index (χ1v) is 7.94.